The van der Waals surface area contributed by atoms with Crippen LogP contribution in [0.15, 0.2) is 52.0 Å². The summed E-state index contributed by atoms with van der Waals surface area (Å²) in [7, 11) is 0. The molecule has 2 aromatic rings. The van der Waals surface area contributed by atoms with Crippen LogP contribution < -0.4 is 14.9 Å². The zero-order valence-electron chi connectivity index (χ0n) is 17.5. The predicted molar refractivity (Wildman–Crippen MR) is 121 cm³/mol. The van der Waals surface area contributed by atoms with Gasteiger partial charge in [0.05, 0.1) is 23.9 Å². The Bertz CT molecular complexity index is 844. The lowest BCUT2D eigenvalue weighted by Crippen LogP contribution is -2.18. The van der Waals surface area contributed by atoms with E-state index in [0.29, 0.717) is 26.1 Å². The minimum atomic E-state index is -0.152. The third kappa shape index (κ3) is 7.54. The van der Waals surface area contributed by atoms with E-state index < -0.39 is 0 Å². The zero-order valence-corrected chi connectivity index (χ0v) is 19.1. The molecule has 0 aliphatic rings. The van der Waals surface area contributed by atoms with E-state index in [2.05, 4.69) is 59.4 Å². The number of nitrogens with zero attached hydrogens (tertiary/aromatic N) is 1. The molecule has 0 aliphatic heterocycles. The largest absolute Gasteiger partial charge is 0.493 e. The molecule has 0 saturated heterocycles. The minimum absolute atomic E-state index is 0.0861. The number of nitrogens with one attached hydrogen (secondary N) is 1. The van der Waals surface area contributed by atoms with Gasteiger partial charge in [0.15, 0.2) is 0 Å². The van der Waals surface area contributed by atoms with Gasteiger partial charge in [-0.3, -0.25) is 4.79 Å². The first-order chi connectivity index (χ1) is 13.8. The van der Waals surface area contributed by atoms with Crippen molar-refractivity contribution < 1.29 is 14.3 Å². The summed E-state index contributed by atoms with van der Waals surface area (Å²) in [6.45, 7) is 9.47. The summed E-state index contributed by atoms with van der Waals surface area (Å²) in [5.41, 5.74) is 4.69. The first-order valence-corrected chi connectivity index (χ1v) is 10.6. The smallest absolute Gasteiger partial charge is 0.240 e. The lowest BCUT2D eigenvalue weighted by atomic mass is 9.87. The van der Waals surface area contributed by atoms with Crippen LogP contribution in [0, 0.1) is 0 Å². The lowest BCUT2D eigenvalue weighted by molar-refractivity contribution is -0.121. The van der Waals surface area contributed by atoms with Crippen molar-refractivity contribution in [3.8, 4) is 11.5 Å². The molecule has 29 heavy (non-hydrogen) atoms. The first-order valence-electron chi connectivity index (χ1n) is 9.78. The average Bonchev–Trinajstić information content (AvgIpc) is 2.67. The molecule has 0 atom stereocenters. The van der Waals surface area contributed by atoms with E-state index in [9.17, 15) is 4.79 Å². The van der Waals surface area contributed by atoms with Crippen LogP contribution >= 0.6 is 15.9 Å². The molecule has 2 aromatic carbocycles. The quantitative estimate of drug-likeness (QED) is 0.307. The highest BCUT2D eigenvalue weighted by molar-refractivity contribution is 9.10. The van der Waals surface area contributed by atoms with Crippen LogP contribution in [0.25, 0.3) is 0 Å². The number of hydrogen-bond donors (Lipinski definition) is 1. The predicted octanol–water partition coefficient (Wildman–Crippen LogP) is 5.45. The van der Waals surface area contributed by atoms with E-state index in [1.807, 2.05) is 37.3 Å². The Morgan fingerprint density at radius 3 is 2.59 bits per heavy atom. The molecule has 0 unspecified atom stereocenters. The third-order valence-electron chi connectivity index (χ3n) is 4.22. The van der Waals surface area contributed by atoms with Crippen LogP contribution in [-0.4, -0.2) is 25.3 Å². The molecule has 0 bridgehead atoms. The molecule has 1 amide bonds. The van der Waals surface area contributed by atoms with E-state index in [4.69, 9.17) is 9.47 Å². The standard InChI is InChI=1S/C23H29BrN2O3/c1-5-28-20-10-7-6-9-17(20)16-25-26-22(27)11-8-14-29-21-13-12-18(15-19(21)24)23(2,3)4/h6-7,9-10,12-13,15-16H,5,8,11,14H2,1-4H3,(H,26,27)/b25-16+. The van der Waals surface area contributed by atoms with Crippen molar-refractivity contribution in [2.45, 2.75) is 46.0 Å². The number of hydrazone groups is 1. The molecule has 6 heteroatoms. The number of carbonyl (C=O) groups is 1. The van der Waals surface area contributed by atoms with Crippen molar-refractivity contribution >= 4 is 28.1 Å². The summed E-state index contributed by atoms with van der Waals surface area (Å²) in [6.07, 6.45) is 2.53. The maximum Gasteiger partial charge on any atom is 0.240 e. The number of ether oxygens (including phenoxy) is 2. The lowest BCUT2D eigenvalue weighted by Gasteiger charge is -2.20. The van der Waals surface area contributed by atoms with Crippen LogP contribution in [0.3, 0.4) is 0 Å². The molecular weight excluding hydrogens is 432 g/mol. The van der Waals surface area contributed by atoms with Crippen LogP contribution in [0.1, 0.15) is 51.7 Å². The zero-order chi connectivity index (χ0) is 21.3. The summed E-state index contributed by atoms with van der Waals surface area (Å²) in [6, 6.07) is 13.7. The van der Waals surface area contributed by atoms with Crippen molar-refractivity contribution in [3.05, 3.63) is 58.1 Å². The van der Waals surface area contributed by atoms with Crippen LogP contribution in [0.5, 0.6) is 11.5 Å². The SMILES string of the molecule is CCOc1ccccc1/C=N/NC(=O)CCCOc1ccc(C(C)(C)C)cc1Br. The van der Waals surface area contributed by atoms with Crippen molar-refractivity contribution in [3.63, 3.8) is 0 Å². The second kappa shape index (κ2) is 11.0. The molecule has 2 rings (SSSR count). The van der Waals surface area contributed by atoms with Crippen molar-refractivity contribution in [1.29, 1.82) is 0 Å². The highest BCUT2D eigenvalue weighted by Gasteiger charge is 2.15. The van der Waals surface area contributed by atoms with Gasteiger partial charge in [-0.25, -0.2) is 5.43 Å². The van der Waals surface area contributed by atoms with E-state index >= 15 is 0 Å². The molecule has 0 saturated carbocycles. The summed E-state index contributed by atoms with van der Waals surface area (Å²) >= 11 is 3.56. The Kier molecular flexibility index (Phi) is 8.70. The van der Waals surface area contributed by atoms with Gasteiger partial charge in [-0.2, -0.15) is 5.10 Å². The fourth-order valence-electron chi connectivity index (χ4n) is 2.60. The fourth-order valence-corrected chi connectivity index (χ4v) is 3.10. The summed E-state index contributed by atoms with van der Waals surface area (Å²) in [5, 5.41) is 4.02. The van der Waals surface area contributed by atoms with Gasteiger partial charge in [0.2, 0.25) is 5.91 Å². The second-order valence-corrected chi connectivity index (χ2v) is 8.47. The van der Waals surface area contributed by atoms with Crippen LogP contribution in [-0.2, 0) is 10.2 Å². The van der Waals surface area contributed by atoms with Crippen molar-refractivity contribution in [2.24, 2.45) is 5.10 Å². The number of amides is 1. The number of benzene rings is 2. The topological polar surface area (TPSA) is 59.9 Å². The van der Waals surface area contributed by atoms with Gasteiger partial charge in [-0.1, -0.05) is 39.0 Å². The van der Waals surface area contributed by atoms with Gasteiger partial charge in [-0.05, 0) is 64.5 Å². The number of halogens is 1. The summed E-state index contributed by atoms with van der Waals surface area (Å²) in [4.78, 5) is 12.0. The molecule has 0 heterocycles. The van der Waals surface area contributed by atoms with Gasteiger partial charge in [-0.15, -0.1) is 0 Å². The van der Waals surface area contributed by atoms with Crippen molar-refractivity contribution in [2.75, 3.05) is 13.2 Å². The summed E-state index contributed by atoms with van der Waals surface area (Å²) < 4.78 is 12.2. The molecule has 5 nitrogen and oxygen atoms in total. The Morgan fingerprint density at radius 2 is 1.90 bits per heavy atom. The van der Waals surface area contributed by atoms with Crippen LogP contribution in [0.2, 0.25) is 0 Å². The van der Waals surface area contributed by atoms with E-state index in [-0.39, 0.29) is 11.3 Å². The molecule has 0 fully saturated rings. The van der Waals surface area contributed by atoms with Gasteiger partial charge < -0.3 is 9.47 Å². The average molecular weight is 461 g/mol. The van der Waals surface area contributed by atoms with Gasteiger partial charge >= 0.3 is 0 Å². The molecular formula is C23H29BrN2O3. The molecule has 0 radical (unpaired) electrons. The second-order valence-electron chi connectivity index (χ2n) is 7.61. The maximum atomic E-state index is 12.0. The molecule has 0 spiro atoms. The summed E-state index contributed by atoms with van der Waals surface area (Å²) in [5.74, 6) is 1.37. The van der Waals surface area contributed by atoms with Gasteiger partial charge in [0.25, 0.3) is 0 Å². The highest BCUT2D eigenvalue weighted by Crippen LogP contribution is 2.31. The Hall–Kier alpha value is -2.34. The van der Waals surface area contributed by atoms with Crippen molar-refractivity contribution in [1.82, 2.24) is 5.43 Å². The van der Waals surface area contributed by atoms with E-state index in [1.165, 1.54) is 5.56 Å². The van der Waals surface area contributed by atoms with E-state index in [0.717, 1.165) is 21.5 Å². The molecule has 1 N–H and O–H groups in total. The Morgan fingerprint density at radius 1 is 1.14 bits per heavy atom. The number of carbonyl (C=O) groups excluding carboxylic acids is 1. The number of para-hydroxylation sites is 1. The Balaban J connectivity index is 1.75. The Labute approximate surface area is 181 Å². The normalized spacial score (nSPS) is 11.5. The number of hydrogen-bond acceptors (Lipinski definition) is 4. The monoisotopic (exact) mass is 460 g/mol. The first kappa shape index (κ1) is 22.9. The van der Waals surface area contributed by atoms with Crippen LogP contribution in [0.4, 0.5) is 0 Å². The minimum Gasteiger partial charge on any atom is -0.493 e. The fraction of sp³-hybridized carbons (Fsp3) is 0.391. The van der Waals surface area contributed by atoms with E-state index in [1.54, 1.807) is 6.21 Å². The maximum absolute atomic E-state index is 12.0. The van der Waals surface area contributed by atoms with Gasteiger partial charge in [0.1, 0.15) is 11.5 Å². The van der Waals surface area contributed by atoms with Gasteiger partial charge in [0, 0.05) is 12.0 Å². The highest BCUT2D eigenvalue weighted by atomic mass is 79.9. The molecule has 0 aromatic heterocycles. The molecule has 0 aliphatic carbocycles. The third-order valence-corrected chi connectivity index (χ3v) is 4.84. The number of rotatable bonds is 9. The molecule has 156 valence electrons.